The summed E-state index contributed by atoms with van der Waals surface area (Å²) in [5.41, 5.74) is 0.458. The van der Waals surface area contributed by atoms with Gasteiger partial charge in [0.05, 0.1) is 18.3 Å². The fourth-order valence-electron chi connectivity index (χ4n) is 3.62. The molecule has 0 radical (unpaired) electrons. The van der Waals surface area contributed by atoms with E-state index < -0.39 is 5.97 Å². The van der Waals surface area contributed by atoms with Gasteiger partial charge < -0.3 is 4.74 Å². The van der Waals surface area contributed by atoms with Gasteiger partial charge in [-0.1, -0.05) is 25.0 Å². The second kappa shape index (κ2) is 7.17. The molecule has 1 heterocycles. The summed E-state index contributed by atoms with van der Waals surface area (Å²) in [5.74, 6) is -1.08. The van der Waals surface area contributed by atoms with E-state index in [4.69, 9.17) is 4.74 Å². The third-order valence-corrected chi connectivity index (χ3v) is 4.94. The lowest BCUT2D eigenvalue weighted by molar-refractivity contribution is -0.141. The van der Waals surface area contributed by atoms with Crippen molar-refractivity contribution in [2.75, 3.05) is 6.54 Å². The minimum atomic E-state index is -0.531. The number of ether oxygens (including phenoxy) is 1. The average molecular weight is 343 g/mol. The van der Waals surface area contributed by atoms with Crippen molar-refractivity contribution in [2.24, 2.45) is 11.8 Å². The number of esters is 1. The van der Waals surface area contributed by atoms with Crippen molar-refractivity contribution in [2.45, 2.75) is 39.0 Å². The van der Waals surface area contributed by atoms with Crippen molar-refractivity contribution in [1.29, 1.82) is 0 Å². The first-order chi connectivity index (χ1) is 12.0. The van der Waals surface area contributed by atoms with E-state index in [1.807, 2.05) is 0 Å². The summed E-state index contributed by atoms with van der Waals surface area (Å²) in [6.07, 6.45) is 3.41. The maximum Gasteiger partial charge on any atom is 0.312 e. The van der Waals surface area contributed by atoms with Gasteiger partial charge in [0.1, 0.15) is 5.75 Å². The Hall–Kier alpha value is -2.50. The van der Waals surface area contributed by atoms with Crippen molar-refractivity contribution in [3.05, 3.63) is 29.8 Å². The number of nitrogens with zero attached hydrogens (tertiary/aromatic N) is 1. The number of rotatable bonds is 5. The standard InChI is InChI=1S/C19H21NO5/c1-12(21)13-5-4-6-14(11-13)25-17(22)9-10-20-18(23)15-7-2-3-8-16(15)19(20)24/h4-6,11,15-16H,2-3,7-10H2,1H3/t15-,16-/m1/s1. The SMILES string of the molecule is CC(=O)c1cccc(OC(=O)CCN2C(=O)[C@@H]3CCCC[C@H]3C2=O)c1. The minimum absolute atomic E-state index is 0.0515. The fraction of sp³-hybridized carbons (Fsp3) is 0.474. The highest BCUT2D eigenvalue weighted by Crippen LogP contribution is 2.37. The lowest BCUT2D eigenvalue weighted by Gasteiger charge is -2.19. The number of hydrogen-bond donors (Lipinski definition) is 0. The van der Waals surface area contributed by atoms with Gasteiger partial charge >= 0.3 is 5.97 Å². The predicted octanol–water partition coefficient (Wildman–Crippen LogP) is 2.36. The molecule has 6 heteroatoms. The molecule has 132 valence electrons. The number of Topliss-reactive ketones (excluding diaryl/α,β-unsaturated/α-hetero) is 1. The Morgan fingerprint density at radius 2 is 1.76 bits per heavy atom. The van der Waals surface area contributed by atoms with Crippen molar-refractivity contribution in [1.82, 2.24) is 4.90 Å². The molecule has 2 aliphatic rings. The van der Waals surface area contributed by atoms with Gasteiger partial charge in [-0.25, -0.2) is 0 Å². The summed E-state index contributed by atoms with van der Waals surface area (Å²) < 4.78 is 5.21. The van der Waals surface area contributed by atoms with E-state index in [2.05, 4.69) is 0 Å². The first-order valence-corrected chi connectivity index (χ1v) is 8.64. The molecule has 1 aromatic carbocycles. The fourth-order valence-corrected chi connectivity index (χ4v) is 3.62. The maximum atomic E-state index is 12.4. The molecule has 6 nitrogen and oxygen atoms in total. The summed E-state index contributed by atoms with van der Waals surface area (Å²) in [5, 5.41) is 0. The van der Waals surface area contributed by atoms with Crippen molar-refractivity contribution >= 4 is 23.6 Å². The molecule has 0 bridgehead atoms. The van der Waals surface area contributed by atoms with Crippen LogP contribution in [0.5, 0.6) is 5.75 Å². The van der Waals surface area contributed by atoms with Crippen molar-refractivity contribution in [3.8, 4) is 5.75 Å². The monoisotopic (exact) mass is 343 g/mol. The zero-order valence-electron chi connectivity index (χ0n) is 14.2. The van der Waals surface area contributed by atoms with Crippen LogP contribution in [-0.2, 0) is 14.4 Å². The van der Waals surface area contributed by atoms with E-state index >= 15 is 0 Å². The number of ketones is 1. The van der Waals surface area contributed by atoms with Gasteiger partial charge in [0.15, 0.2) is 5.78 Å². The first-order valence-electron chi connectivity index (χ1n) is 8.64. The molecule has 0 unspecified atom stereocenters. The molecule has 1 aliphatic carbocycles. The number of benzene rings is 1. The highest BCUT2D eigenvalue weighted by molar-refractivity contribution is 6.05. The number of carbonyl (C=O) groups excluding carboxylic acids is 4. The van der Waals surface area contributed by atoms with Crippen LogP contribution in [0.25, 0.3) is 0 Å². The van der Waals surface area contributed by atoms with E-state index in [1.165, 1.54) is 17.9 Å². The summed E-state index contributed by atoms with van der Waals surface area (Å²) in [4.78, 5) is 49.3. The molecule has 1 saturated heterocycles. The van der Waals surface area contributed by atoms with Gasteiger partial charge in [-0.05, 0) is 31.9 Å². The molecule has 3 rings (SSSR count). The van der Waals surface area contributed by atoms with Gasteiger partial charge in [0.2, 0.25) is 11.8 Å². The maximum absolute atomic E-state index is 12.4. The zero-order chi connectivity index (χ0) is 18.0. The lowest BCUT2D eigenvalue weighted by atomic mass is 9.81. The van der Waals surface area contributed by atoms with Gasteiger partial charge in [-0.15, -0.1) is 0 Å². The molecular weight excluding hydrogens is 322 g/mol. The Morgan fingerprint density at radius 1 is 1.12 bits per heavy atom. The molecule has 2 amide bonds. The summed E-state index contributed by atoms with van der Waals surface area (Å²) >= 11 is 0. The Balaban J connectivity index is 1.57. The molecule has 0 aromatic heterocycles. The second-order valence-electron chi connectivity index (χ2n) is 6.63. The Kier molecular flexibility index (Phi) is 4.97. The summed E-state index contributed by atoms with van der Waals surface area (Å²) in [6, 6.07) is 6.37. The summed E-state index contributed by atoms with van der Waals surface area (Å²) in [7, 11) is 0. The van der Waals surface area contributed by atoms with Crippen molar-refractivity contribution in [3.63, 3.8) is 0 Å². The van der Waals surface area contributed by atoms with Crippen LogP contribution >= 0.6 is 0 Å². The highest BCUT2D eigenvalue weighted by Gasteiger charge is 2.47. The predicted molar refractivity (Wildman–Crippen MR) is 88.9 cm³/mol. The van der Waals surface area contributed by atoms with E-state index in [0.717, 1.165) is 25.7 Å². The molecule has 1 aliphatic heterocycles. The van der Waals surface area contributed by atoms with Crippen LogP contribution in [0.2, 0.25) is 0 Å². The number of carbonyl (C=O) groups is 4. The largest absolute Gasteiger partial charge is 0.426 e. The molecular formula is C19H21NO5. The zero-order valence-corrected chi connectivity index (χ0v) is 14.2. The van der Waals surface area contributed by atoms with Gasteiger partial charge in [-0.2, -0.15) is 0 Å². The molecule has 2 atom stereocenters. The van der Waals surface area contributed by atoms with Gasteiger partial charge in [0, 0.05) is 12.1 Å². The third-order valence-electron chi connectivity index (χ3n) is 4.94. The minimum Gasteiger partial charge on any atom is -0.426 e. The molecule has 1 saturated carbocycles. The van der Waals surface area contributed by atoms with E-state index in [-0.39, 0.29) is 48.1 Å². The average Bonchev–Trinajstić information content (AvgIpc) is 2.85. The number of fused-ring (bicyclic) bond motifs is 1. The Labute approximate surface area is 146 Å². The van der Waals surface area contributed by atoms with Crippen LogP contribution in [0.4, 0.5) is 0 Å². The van der Waals surface area contributed by atoms with Crippen LogP contribution in [-0.4, -0.2) is 35.0 Å². The topological polar surface area (TPSA) is 80.8 Å². The number of imide groups is 1. The first kappa shape index (κ1) is 17.3. The van der Waals surface area contributed by atoms with Gasteiger partial charge in [-0.3, -0.25) is 24.1 Å². The van der Waals surface area contributed by atoms with Crippen molar-refractivity contribution < 1.29 is 23.9 Å². The molecule has 0 N–H and O–H groups in total. The van der Waals surface area contributed by atoms with E-state index in [0.29, 0.717) is 5.56 Å². The smallest absolute Gasteiger partial charge is 0.312 e. The van der Waals surface area contributed by atoms with Crippen LogP contribution in [0.15, 0.2) is 24.3 Å². The van der Waals surface area contributed by atoms with E-state index in [1.54, 1.807) is 18.2 Å². The molecule has 0 spiro atoms. The Morgan fingerprint density at radius 3 is 2.36 bits per heavy atom. The Bertz CT molecular complexity index is 702. The second-order valence-corrected chi connectivity index (χ2v) is 6.63. The molecule has 1 aromatic rings. The summed E-state index contributed by atoms with van der Waals surface area (Å²) in [6.45, 7) is 1.49. The van der Waals surface area contributed by atoms with Crippen LogP contribution in [0.3, 0.4) is 0 Å². The molecule has 25 heavy (non-hydrogen) atoms. The van der Waals surface area contributed by atoms with E-state index in [9.17, 15) is 19.2 Å². The number of amides is 2. The van der Waals surface area contributed by atoms with Crippen LogP contribution < -0.4 is 4.74 Å². The van der Waals surface area contributed by atoms with Crippen LogP contribution in [0, 0.1) is 11.8 Å². The third kappa shape index (κ3) is 3.62. The van der Waals surface area contributed by atoms with Crippen LogP contribution in [0.1, 0.15) is 49.4 Å². The quantitative estimate of drug-likeness (QED) is 0.355. The lowest BCUT2D eigenvalue weighted by Crippen LogP contribution is -2.33. The number of hydrogen-bond acceptors (Lipinski definition) is 5. The normalized spacial score (nSPS) is 22.7. The highest BCUT2D eigenvalue weighted by atomic mass is 16.5. The van der Waals surface area contributed by atoms with Gasteiger partial charge in [0.25, 0.3) is 0 Å². The molecule has 2 fully saturated rings. The number of likely N-dealkylation sites (tertiary alicyclic amines) is 1.